The van der Waals surface area contributed by atoms with E-state index in [1.54, 1.807) is 52.1 Å². The number of aliphatic carboxylic acids is 1. The van der Waals surface area contributed by atoms with Gasteiger partial charge in [-0.1, -0.05) is 177 Å². The van der Waals surface area contributed by atoms with Gasteiger partial charge in [0.25, 0.3) is 17.9 Å². The van der Waals surface area contributed by atoms with E-state index in [4.69, 9.17) is 57.8 Å². The van der Waals surface area contributed by atoms with E-state index < -0.39 is 52.4 Å². The minimum absolute atomic E-state index is 0.149. The molecule has 6 heterocycles. The molecule has 6 saturated heterocycles. The van der Waals surface area contributed by atoms with Gasteiger partial charge in [-0.3, -0.25) is 4.79 Å². The minimum Gasteiger partial charge on any atom is -0.481 e. The second-order valence-electron chi connectivity index (χ2n) is 26.6. The SMILES string of the molecule is CC12COC(CCc3ccc(-c4ccc(P(C)(C)=O)cc4)cc3)(OC1)O2.CC12COC(CCc3ccc(B(O)O)cc3)(OC1)O2.CC12COC(CCc3ccc(Br)cc3)(OC1)O2.CP(C)(=O)c1ccc(-c2ccc(CCC(=O)O)cc2)cc1.CP(C)(=O)c1ccc(Br)cc1. The molecule has 0 saturated carbocycles. The fraction of sp³-hybridized carbons (Fsp3) is 0.403. The fourth-order valence-corrected chi connectivity index (χ4v) is 14.2. The molecule has 6 bridgehead atoms. The normalized spacial score (nSPS) is 24.6. The first kappa shape index (κ1) is 73.5. The van der Waals surface area contributed by atoms with Crippen molar-refractivity contribution in [1.29, 1.82) is 0 Å². The molecule has 0 aromatic heterocycles. The zero-order chi connectivity index (χ0) is 67.8. The Bertz CT molecular complexity index is 3780. The number of carbonyl (C=O) groups is 1. The van der Waals surface area contributed by atoms with E-state index in [0.29, 0.717) is 64.4 Å². The Morgan fingerprint density at radius 2 is 0.628 bits per heavy atom. The lowest BCUT2D eigenvalue weighted by Gasteiger charge is -2.23. The second-order valence-corrected chi connectivity index (χ2v) is 38.1. The van der Waals surface area contributed by atoms with Crippen molar-refractivity contribution in [3.8, 4) is 22.3 Å². The Labute approximate surface area is 570 Å². The van der Waals surface area contributed by atoms with Crippen LogP contribution in [0.3, 0.4) is 0 Å². The topological polar surface area (TPSA) is 212 Å². The monoisotopic (exact) mass is 1470 g/mol. The van der Waals surface area contributed by atoms with Crippen LogP contribution in [0.4, 0.5) is 0 Å². The summed E-state index contributed by atoms with van der Waals surface area (Å²) in [6, 6.07) is 55.2. The van der Waals surface area contributed by atoms with Crippen LogP contribution >= 0.6 is 53.3 Å². The van der Waals surface area contributed by atoms with Crippen LogP contribution < -0.4 is 21.4 Å². The van der Waals surface area contributed by atoms with Gasteiger partial charge in [0.15, 0.2) is 0 Å². The summed E-state index contributed by atoms with van der Waals surface area (Å²) in [5.74, 6) is -3.30. The van der Waals surface area contributed by atoms with E-state index in [1.807, 2.05) is 142 Å². The number of benzene rings is 7. The van der Waals surface area contributed by atoms with Crippen molar-refractivity contribution in [3.63, 3.8) is 0 Å². The van der Waals surface area contributed by atoms with Crippen LogP contribution in [-0.2, 0) is 86.8 Å². The van der Waals surface area contributed by atoms with Gasteiger partial charge in [0.05, 0.1) is 39.6 Å². The van der Waals surface area contributed by atoms with Crippen LogP contribution in [0, 0.1) is 0 Å². The van der Waals surface area contributed by atoms with E-state index in [0.717, 1.165) is 83.9 Å². The van der Waals surface area contributed by atoms with E-state index in [9.17, 15) is 18.5 Å². The number of hydrogen-bond donors (Lipinski definition) is 3. The van der Waals surface area contributed by atoms with Crippen molar-refractivity contribution in [3.05, 3.63) is 201 Å². The number of aryl methyl sites for hydroxylation is 4. The molecule has 502 valence electrons. The molecule has 7 aromatic carbocycles. The molecule has 0 unspecified atom stereocenters. The van der Waals surface area contributed by atoms with Crippen LogP contribution in [0.25, 0.3) is 22.3 Å². The Hall–Kier alpha value is -4.72. The van der Waals surface area contributed by atoms with E-state index in [-0.39, 0.29) is 23.2 Å². The molecule has 6 aliphatic rings. The molecular formula is C72H86BBr2O16P3. The highest BCUT2D eigenvalue weighted by atomic mass is 79.9. The average Bonchev–Trinajstić information content (AvgIpc) is 1.62. The smallest absolute Gasteiger partial charge is 0.481 e. The van der Waals surface area contributed by atoms with Gasteiger partial charge >= 0.3 is 13.1 Å². The second kappa shape index (κ2) is 30.6. The lowest BCUT2D eigenvalue weighted by atomic mass is 9.80. The van der Waals surface area contributed by atoms with Gasteiger partial charge in [0.1, 0.15) is 38.2 Å². The first-order valence-corrected chi connectivity index (χ1v) is 40.8. The van der Waals surface area contributed by atoms with Gasteiger partial charge in [-0.2, -0.15) is 0 Å². The van der Waals surface area contributed by atoms with Crippen LogP contribution in [0.15, 0.2) is 179 Å². The molecule has 6 aliphatic heterocycles. The molecule has 3 N–H and O–H groups in total. The molecule has 0 spiro atoms. The predicted molar refractivity (Wildman–Crippen MR) is 379 cm³/mol. The maximum absolute atomic E-state index is 12.1. The molecule has 7 aromatic rings. The fourth-order valence-electron chi connectivity index (χ4n) is 11.1. The van der Waals surface area contributed by atoms with Gasteiger partial charge in [-0.15, -0.1) is 0 Å². The van der Waals surface area contributed by atoms with Gasteiger partial charge in [0.2, 0.25) is 0 Å². The highest BCUT2D eigenvalue weighted by molar-refractivity contribution is 9.10. The molecule has 0 radical (unpaired) electrons. The molecular weight excluding hydrogens is 1380 g/mol. The molecule has 13 rings (SSSR count). The van der Waals surface area contributed by atoms with Gasteiger partial charge < -0.3 is 71.5 Å². The van der Waals surface area contributed by atoms with Crippen LogP contribution in [0.2, 0.25) is 0 Å². The van der Waals surface area contributed by atoms with Gasteiger partial charge in [0, 0.05) is 50.5 Å². The first-order chi connectivity index (χ1) is 44.2. The summed E-state index contributed by atoms with van der Waals surface area (Å²) in [7, 11) is -7.90. The van der Waals surface area contributed by atoms with Crippen LogP contribution in [-0.4, -0.2) is 143 Å². The summed E-state index contributed by atoms with van der Waals surface area (Å²) >= 11 is 6.75. The molecule has 16 nitrogen and oxygen atoms in total. The highest BCUT2D eigenvalue weighted by Gasteiger charge is 2.58. The Balaban J connectivity index is 0.000000141. The third-order valence-corrected chi connectivity index (χ3v) is 22.5. The average molecular weight is 1470 g/mol. The molecule has 94 heavy (non-hydrogen) atoms. The Morgan fingerprint density at radius 1 is 0.394 bits per heavy atom. The van der Waals surface area contributed by atoms with E-state index in [1.165, 1.54) is 11.1 Å². The summed E-state index contributed by atoms with van der Waals surface area (Å²) in [6.07, 6.45) is 5.23. The maximum atomic E-state index is 12.1. The van der Waals surface area contributed by atoms with Crippen molar-refractivity contribution in [2.75, 3.05) is 79.6 Å². The van der Waals surface area contributed by atoms with Crippen LogP contribution in [0.1, 0.15) is 68.7 Å². The van der Waals surface area contributed by atoms with Crippen molar-refractivity contribution < 1.29 is 76.3 Å². The minimum atomic E-state index is -2.21. The summed E-state index contributed by atoms with van der Waals surface area (Å²) in [6.45, 7) is 20.3. The quantitative estimate of drug-likeness (QED) is 0.0538. The Morgan fingerprint density at radius 3 is 0.872 bits per heavy atom. The largest absolute Gasteiger partial charge is 0.488 e. The standard InChI is InChI=1S/C21H25O4P.C17H19O3P.C13H17BO5.C13H15BrO3.C8H10BrOP/c1-20-14-23-21(25-20,24-15-20)13-12-16-4-6-17(7-5-16)18-8-10-19(11-9-18)26(2,3)22;1-21(2,20)16-10-8-15(9-11-16)14-6-3-13(4-7-14)5-12-17(18)19;1-12-8-17-13(19-12,18-9-12)7-6-10-2-4-11(5-3-10)14(15)16;1-12-8-15-13(17-12,16-9-12)7-6-10-2-4-11(14)5-3-10;1-11(2,10)8-5-3-7(9)4-6-8/h4-11H,12-15H2,1-3H3;3-4,6-11H,5,12H2,1-2H3,(H,18,19);2-5,15-16H,6-9H2,1H3;2-5H,6-9H2,1H3;3-6H,1-2H3. The molecule has 0 amide bonds. The number of carboxylic acid groups (broad SMARTS) is 1. The number of hydrogen-bond acceptors (Lipinski definition) is 15. The van der Waals surface area contributed by atoms with Crippen LogP contribution in [0.5, 0.6) is 0 Å². The van der Waals surface area contributed by atoms with Crippen molar-refractivity contribution in [2.24, 2.45) is 0 Å². The van der Waals surface area contributed by atoms with Crippen molar-refractivity contribution in [2.45, 2.75) is 107 Å². The summed E-state index contributed by atoms with van der Waals surface area (Å²) in [5.41, 5.74) is 8.67. The zero-order valence-corrected chi connectivity index (χ0v) is 60.7. The predicted octanol–water partition coefficient (Wildman–Crippen LogP) is 13.0. The number of ether oxygens (including phenoxy) is 9. The highest BCUT2D eigenvalue weighted by Crippen LogP contribution is 2.45. The lowest BCUT2D eigenvalue weighted by molar-refractivity contribution is -0.301. The number of carboxylic acids is 1. The molecule has 0 aliphatic carbocycles. The van der Waals surface area contributed by atoms with Crippen molar-refractivity contribution >= 4 is 87.7 Å². The third kappa shape index (κ3) is 20.4. The first-order valence-electron chi connectivity index (χ1n) is 31.4. The Kier molecular flexibility index (Phi) is 23.9. The van der Waals surface area contributed by atoms with Crippen molar-refractivity contribution in [1.82, 2.24) is 0 Å². The summed E-state index contributed by atoms with van der Waals surface area (Å²) < 4.78 is 89.3. The molecule has 0 atom stereocenters. The lowest BCUT2D eigenvalue weighted by Crippen LogP contribution is -2.34. The maximum Gasteiger partial charge on any atom is 0.488 e. The summed E-state index contributed by atoms with van der Waals surface area (Å²) in [5, 5.41) is 29.5. The number of rotatable bonds is 18. The van der Waals surface area contributed by atoms with E-state index >= 15 is 0 Å². The third-order valence-electron chi connectivity index (χ3n) is 16.8. The number of halogens is 2. The van der Waals surface area contributed by atoms with E-state index in [2.05, 4.69) is 68.3 Å². The van der Waals surface area contributed by atoms with Gasteiger partial charge in [-0.25, -0.2) is 0 Å². The molecule has 6 fully saturated rings. The molecule has 22 heteroatoms. The summed E-state index contributed by atoms with van der Waals surface area (Å²) in [4.78, 5) is 10.6. The van der Waals surface area contributed by atoms with Gasteiger partial charge in [-0.05, 0) is 161 Å². The number of fused-ring (bicyclic) bond motifs is 6. The zero-order valence-electron chi connectivity index (χ0n) is 54.9.